The van der Waals surface area contributed by atoms with E-state index in [2.05, 4.69) is 5.32 Å². The predicted octanol–water partition coefficient (Wildman–Crippen LogP) is 6.11. The lowest BCUT2D eigenvalue weighted by Gasteiger charge is -2.37. The Labute approximate surface area is 240 Å². The summed E-state index contributed by atoms with van der Waals surface area (Å²) < 4.78 is 30.8. The number of carboxylic acid groups (broad SMARTS) is 2. The Kier molecular flexibility index (Phi) is 12.2. The molecule has 4 atom stereocenters. The van der Waals surface area contributed by atoms with E-state index in [1.54, 1.807) is 6.07 Å². The van der Waals surface area contributed by atoms with E-state index in [0.29, 0.717) is 17.0 Å². The third kappa shape index (κ3) is 8.41. The molecule has 1 amide bonds. The van der Waals surface area contributed by atoms with Crippen LogP contribution < -0.4 is 5.32 Å². The van der Waals surface area contributed by atoms with E-state index in [0.717, 1.165) is 29.5 Å². The van der Waals surface area contributed by atoms with Crippen LogP contribution in [0.4, 0.5) is 13.6 Å². The van der Waals surface area contributed by atoms with Crippen molar-refractivity contribution in [2.75, 3.05) is 20.2 Å². The zero-order valence-corrected chi connectivity index (χ0v) is 23.2. The monoisotopic (exact) mass is 608 g/mol. The first-order valence-corrected chi connectivity index (χ1v) is 12.7. The summed E-state index contributed by atoms with van der Waals surface area (Å²) in [5, 5.41) is 22.1. The van der Waals surface area contributed by atoms with Crippen molar-refractivity contribution in [3.05, 3.63) is 69.2 Å². The molecular formula is C26H29Cl3F2N2O6. The number of ether oxygens (including phenoxy) is 1. The molecule has 0 spiro atoms. The number of rotatable bonds is 4. The Hall–Kier alpha value is -2.66. The van der Waals surface area contributed by atoms with Crippen molar-refractivity contribution in [3.8, 4) is 0 Å². The number of likely N-dealkylation sites (tertiary alicyclic amines) is 1. The molecule has 0 aliphatic carbocycles. The maximum absolute atomic E-state index is 13.1. The van der Waals surface area contributed by atoms with Crippen LogP contribution in [0.15, 0.2) is 36.4 Å². The third-order valence-corrected chi connectivity index (χ3v) is 7.45. The number of nitrogens with one attached hydrogen (secondary N) is 1. The van der Waals surface area contributed by atoms with E-state index in [-0.39, 0.29) is 60.6 Å². The number of carbonyl (C=O) groups is 3. The first-order chi connectivity index (χ1) is 18.0. The number of hydrogen-bond acceptors (Lipinski definition) is 5. The van der Waals surface area contributed by atoms with Crippen LogP contribution in [0.2, 0.25) is 10.0 Å². The summed E-state index contributed by atoms with van der Waals surface area (Å²) in [6.07, 6.45) is 0.628. The second kappa shape index (κ2) is 14.6. The molecule has 2 aliphatic rings. The number of piperidine rings is 2. The van der Waals surface area contributed by atoms with Crippen molar-refractivity contribution >= 4 is 53.6 Å². The van der Waals surface area contributed by atoms with Gasteiger partial charge in [-0.2, -0.15) is 0 Å². The van der Waals surface area contributed by atoms with Crippen molar-refractivity contribution < 1.29 is 38.1 Å². The highest BCUT2D eigenvalue weighted by atomic mass is 35.5. The molecule has 2 aromatic carbocycles. The first kappa shape index (κ1) is 32.6. The van der Waals surface area contributed by atoms with Gasteiger partial charge in [0.05, 0.1) is 25.0 Å². The Bertz CT molecular complexity index is 1190. The summed E-state index contributed by atoms with van der Waals surface area (Å²) in [7, 11) is 1.39. The molecule has 3 N–H and O–H groups in total. The Morgan fingerprint density at radius 1 is 0.949 bits per heavy atom. The largest absolute Gasteiger partial charge is 0.481 e. The number of amides is 1. The number of hydrogen-bond donors (Lipinski definition) is 3. The molecule has 0 radical (unpaired) electrons. The highest BCUT2D eigenvalue weighted by Crippen LogP contribution is 2.38. The van der Waals surface area contributed by atoms with Gasteiger partial charge in [0, 0.05) is 22.6 Å². The van der Waals surface area contributed by atoms with Crippen LogP contribution >= 0.6 is 35.6 Å². The fourth-order valence-corrected chi connectivity index (χ4v) is 5.40. The Morgan fingerprint density at radius 3 is 2.05 bits per heavy atom. The van der Waals surface area contributed by atoms with Crippen LogP contribution in [0.5, 0.6) is 0 Å². The fraction of sp³-hybridized carbons (Fsp3) is 0.423. The molecule has 2 aromatic rings. The Balaban J connectivity index is 0.000000268. The number of esters is 1. The number of benzene rings is 2. The highest BCUT2D eigenvalue weighted by molar-refractivity contribution is 6.31. The van der Waals surface area contributed by atoms with E-state index < -0.39 is 29.8 Å². The second-order valence-corrected chi connectivity index (χ2v) is 9.95. The molecule has 2 aliphatic heterocycles. The van der Waals surface area contributed by atoms with E-state index in [9.17, 15) is 28.3 Å². The summed E-state index contributed by atoms with van der Waals surface area (Å²) in [6, 6.07) is 7.32. The topological polar surface area (TPSA) is 116 Å². The van der Waals surface area contributed by atoms with E-state index in [1.165, 1.54) is 31.4 Å². The average molecular weight is 610 g/mol. The molecule has 13 heteroatoms. The van der Waals surface area contributed by atoms with Gasteiger partial charge in [0.15, 0.2) is 0 Å². The number of nitrogens with zero attached hydrogens (tertiary/aromatic N) is 1. The zero-order chi connectivity index (χ0) is 28.0. The van der Waals surface area contributed by atoms with Crippen LogP contribution in [0.3, 0.4) is 0 Å². The number of methoxy groups -OCH3 is 1. The third-order valence-electron chi connectivity index (χ3n) is 6.80. The molecular weight excluding hydrogens is 581 g/mol. The number of aliphatic carboxylic acids is 1. The lowest BCUT2D eigenvalue weighted by molar-refractivity contribution is -0.147. The predicted molar refractivity (Wildman–Crippen MR) is 143 cm³/mol. The quantitative estimate of drug-likeness (QED) is 0.358. The minimum atomic E-state index is -1.14. The maximum atomic E-state index is 13.1. The summed E-state index contributed by atoms with van der Waals surface area (Å²) >= 11 is 12.0. The van der Waals surface area contributed by atoms with Crippen LogP contribution in [0, 0.1) is 23.5 Å². The molecule has 2 heterocycles. The van der Waals surface area contributed by atoms with Crippen molar-refractivity contribution in [1.82, 2.24) is 10.2 Å². The molecule has 8 nitrogen and oxygen atoms in total. The minimum Gasteiger partial charge on any atom is -0.481 e. The second-order valence-electron chi connectivity index (χ2n) is 9.13. The van der Waals surface area contributed by atoms with Crippen molar-refractivity contribution in [2.45, 2.75) is 37.8 Å². The van der Waals surface area contributed by atoms with Gasteiger partial charge in [-0.1, -0.05) is 35.3 Å². The molecule has 4 unspecified atom stereocenters. The van der Waals surface area contributed by atoms with Gasteiger partial charge in [0.25, 0.3) is 0 Å². The van der Waals surface area contributed by atoms with Gasteiger partial charge in [-0.3, -0.25) is 9.59 Å². The van der Waals surface area contributed by atoms with Gasteiger partial charge >= 0.3 is 18.0 Å². The van der Waals surface area contributed by atoms with Crippen LogP contribution in [-0.2, 0) is 14.3 Å². The Morgan fingerprint density at radius 2 is 1.54 bits per heavy atom. The average Bonchev–Trinajstić information content (AvgIpc) is 2.88. The van der Waals surface area contributed by atoms with Gasteiger partial charge in [-0.15, -0.1) is 12.4 Å². The minimum absolute atomic E-state index is 0. The summed E-state index contributed by atoms with van der Waals surface area (Å²) in [5.41, 5.74) is 1.26. The molecule has 0 bridgehead atoms. The lowest BCUT2D eigenvalue weighted by atomic mass is 9.87. The first-order valence-electron chi connectivity index (χ1n) is 11.9. The van der Waals surface area contributed by atoms with Gasteiger partial charge in [-0.05, 0) is 67.6 Å². The summed E-state index contributed by atoms with van der Waals surface area (Å²) in [6.45, 7) is 0.836. The van der Waals surface area contributed by atoms with Crippen molar-refractivity contribution in [3.63, 3.8) is 0 Å². The lowest BCUT2D eigenvalue weighted by Crippen LogP contribution is -2.42. The van der Waals surface area contributed by atoms with Gasteiger partial charge < -0.3 is 25.2 Å². The zero-order valence-electron chi connectivity index (χ0n) is 20.9. The summed E-state index contributed by atoms with van der Waals surface area (Å²) in [5.74, 6) is -2.78. The molecule has 39 heavy (non-hydrogen) atoms. The van der Waals surface area contributed by atoms with Gasteiger partial charge in [0.1, 0.15) is 11.6 Å². The normalized spacial score (nSPS) is 22.5. The van der Waals surface area contributed by atoms with E-state index in [1.807, 2.05) is 0 Å². The smallest absolute Gasteiger partial charge is 0.407 e. The standard InChI is InChI=1S/C13H13ClFNO4.C13H15ClFNO2.ClH/c14-10-6-8(15)1-2-9(10)11-5-7(12(17)18)3-4-16(11)13(19)20;1-18-13(17)8-4-5-16-12(6-8)10-3-2-9(15)7-11(10)14;/h1-2,6-7,11H,3-5H2,(H,17,18)(H,19,20);2-3,7-8,12,16H,4-6H2,1H3;1H. The number of carbonyl (C=O) groups excluding carboxylic acids is 1. The molecule has 0 saturated carbocycles. The van der Waals surface area contributed by atoms with Crippen LogP contribution in [-0.4, -0.2) is 53.3 Å². The van der Waals surface area contributed by atoms with Gasteiger partial charge in [0.2, 0.25) is 0 Å². The SMILES string of the molecule is COC(=O)C1CCNC(c2ccc(F)cc2Cl)C1.Cl.O=C(O)C1CCN(C(=O)O)C(c2ccc(F)cc2Cl)C1. The van der Waals surface area contributed by atoms with Crippen molar-refractivity contribution in [1.29, 1.82) is 0 Å². The molecule has 0 aromatic heterocycles. The van der Waals surface area contributed by atoms with E-state index in [4.69, 9.17) is 33.0 Å². The summed E-state index contributed by atoms with van der Waals surface area (Å²) in [4.78, 5) is 35.0. The highest BCUT2D eigenvalue weighted by Gasteiger charge is 2.36. The molecule has 2 fully saturated rings. The number of carboxylic acids is 1. The van der Waals surface area contributed by atoms with Crippen LogP contribution in [0.1, 0.15) is 48.9 Å². The fourth-order valence-electron chi connectivity index (χ4n) is 4.80. The molecule has 2 saturated heterocycles. The van der Waals surface area contributed by atoms with Crippen LogP contribution in [0.25, 0.3) is 0 Å². The van der Waals surface area contributed by atoms with Gasteiger partial charge in [-0.25, -0.2) is 13.6 Å². The molecule has 4 rings (SSSR count). The maximum Gasteiger partial charge on any atom is 0.407 e. The molecule has 214 valence electrons. The van der Waals surface area contributed by atoms with E-state index >= 15 is 0 Å². The van der Waals surface area contributed by atoms with Crippen molar-refractivity contribution in [2.24, 2.45) is 11.8 Å². The number of halogens is 5.